The van der Waals surface area contributed by atoms with E-state index in [4.69, 9.17) is 4.74 Å². The van der Waals surface area contributed by atoms with Crippen LogP contribution in [0.25, 0.3) is 0 Å². The largest absolute Gasteiger partial charge is 0.408 e. The van der Waals surface area contributed by atoms with Gasteiger partial charge in [-0.1, -0.05) is 0 Å². The Morgan fingerprint density at radius 1 is 1.43 bits per heavy atom. The number of aromatic nitrogens is 2. The van der Waals surface area contributed by atoms with Gasteiger partial charge in [-0.2, -0.15) is 18.3 Å². The number of carbonyl (C=O) groups excluding carboxylic acids is 1. The second kappa shape index (κ2) is 5.67. The van der Waals surface area contributed by atoms with Crippen molar-refractivity contribution in [3.8, 4) is 0 Å². The van der Waals surface area contributed by atoms with Crippen molar-refractivity contribution in [3.63, 3.8) is 0 Å². The van der Waals surface area contributed by atoms with E-state index < -0.39 is 12.7 Å². The van der Waals surface area contributed by atoms with Crippen LogP contribution in [0.15, 0.2) is 0 Å². The van der Waals surface area contributed by atoms with Crippen molar-refractivity contribution in [2.45, 2.75) is 39.5 Å². The highest BCUT2D eigenvalue weighted by molar-refractivity contribution is 5.74. The van der Waals surface area contributed by atoms with Crippen LogP contribution >= 0.6 is 0 Å². The quantitative estimate of drug-likeness (QED) is 0.839. The molecule has 0 bridgehead atoms. The molecule has 1 aliphatic heterocycles. The summed E-state index contributed by atoms with van der Waals surface area (Å²) in [4.78, 5) is 13.3. The van der Waals surface area contributed by atoms with Crippen molar-refractivity contribution in [3.05, 3.63) is 17.0 Å². The third kappa shape index (κ3) is 3.37. The van der Waals surface area contributed by atoms with E-state index in [0.717, 1.165) is 4.68 Å². The van der Waals surface area contributed by atoms with E-state index in [1.807, 2.05) is 0 Å². The molecule has 8 heteroatoms. The lowest BCUT2D eigenvalue weighted by Gasteiger charge is -2.35. The average molecular weight is 305 g/mol. The predicted molar refractivity (Wildman–Crippen MR) is 68.7 cm³/mol. The zero-order valence-corrected chi connectivity index (χ0v) is 12.2. The van der Waals surface area contributed by atoms with Gasteiger partial charge in [0.1, 0.15) is 6.54 Å². The summed E-state index contributed by atoms with van der Waals surface area (Å²) < 4.78 is 44.0. The zero-order valence-electron chi connectivity index (χ0n) is 12.2. The summed E-state index contributed by atoms with van der Waals surface area (Å²) in [6, 6.07) is -0.377. The number of halogens is 3. The van der Waals surface area contributed by atoms with Crippen LogP contribution in [-0.4, -0.2) is 46.5 Å². The molecule has 1 amide bonds. The first-order valence-electron chi connectivity index (χ1n) is 6.66. The van der Waals surface area contributed by atoms with Crippen LogP contribution in [0.1, 0.15) is 29.9 Å². The minimum absolute atomic E-state index is 0.120. The third-order valence-electron chi connectivity index (χ3n) is 3.63. The second-order valence-electron chi connectivity index (χ2n) is 5.16. The van der Waals surface area contributed by atoms with E-state index in [1.54, 1.807) is 18.7 Å². The van der Waals surface area contributed by atoms with Crippen molar-refractivity contribution < 1.29 is 22.7 Å². The van der Waals surface area contributed by atoms with Crippen molar-refractivity contribution in [1.82, 2.24) is 14.7 Å². The maximum absolute atomic E-state index is 12.6. The van der Waals surface area contributed by atoms with Crippen LogP contribution in [0, 0.1) is 13.8 Å². The Morgan fingerprint density at radius 3 is 2.67 bits per heavy atom. The third-order valence-corrected chi connectivity index (χ3v) is 3.63. The highest BCUT2D eigenvalue weighted by Gasteiger charge is 2.34. The lowest BCUT2D eigenvalue weighted by molar-refractivity contribution is -0.143. The summed E-state index contributed by atoms with van der Waals surface area (Å²) in [5, 5.41) is 3.97. The number of morpholine rings is 1. The van der Waals surface area contributed by atoms with Crippen LogP contribution in [0.4, 0.5) is 13.2 Å². The lowest BCUT2D eigenvalue weighted by atomic mass is 10.0. The molecule has 21 heavy (non-hydrogen) atoms. The van der Waals surface area contributed by atoms with E-state index in [0.29, 0.717) is 30.1 Å². The van der Waals surface area contributed by atoms with Gasteiger partial charge < -0.3 is 9.64 Å². The van der Waals surface area contributed by atoms with Crippen molar-refractivity contribution >= 4 is 5.91 Å². The molecule has 0 N–H and O–H groups in total. The molecule has 5 nitrogen and oxygen atoms in total. The molecule has 118 valence electrons. The molecule has 0 aromatic carbocycles. The van der Waals surface area contributed by atoms with Gasteiger partial charge in [0.2, 0.25) is 5.91 Å². The van der Waals surface area contributed by atoms with Crippen molar-refractivity contribution in [1.29, 1.82) is 0 Å². The van der Waals surface area contributed by atoms with E-state index in [9.17, 15) is 18.0 Å². The average Bonchev–Trinajstić information content (AvgIpc) is 2.62. The minimum atomic E-state index is -4.33. The first-order valence-corrected chi connectivity index (χ1v) is 6.66. The summed E-state index contributed by atoms with van der Waals surface area (Å²) >= 11 is 0. The van der Waals surface area contributed by atoms with Crippen LogP contribution in [0.5, 0.6) is 0 Å². The number of alkyl halides is 3. The van der Waals surface area contributed by atoms with Gasteiger partial charge in [-0.15, -0.1) is 0 Å². The molecule has 1 aliphatic rings. The molecule has 1 atom stereocenters. The molecule has 0 saturated carbocycles. The fourth-order valence-corrected chi connectivity index (χ4v) is 2.74. The Bertz CT molecular complexity index is 539. The van der Waals surface area contributed by atoms with E-state index >= 15 is 0 Å². The van der Waals surface area contributed by atoms with Gasteiger partial charge in [-0.05, 0) is 13.8 Å². The highest BCUT2D eigenvalue weighted by Crippen LogP contribution is 2.30. The number of aryl methyl sites for hydroxylation is 1. The molecule has 1 saturated heterocycles. The lowest BCUT2D eigenvalue weighted by Crippen LogP contribution is -2.42. The minimum Gasteiger partial charge on any atom is -0.377 e. The first-order chi connectivity index (χ1) is 9.70. The van der Waals surface area contributed by atoms with E-state index in [2.05, 4.69) is 5.10 Å². The molecule has 1 unspecified atom stereocenters. The smallest absolute Gasteiger partial charge is 0.377 e. The Kier molecular flexibility index (Phi) is 4.27. The van der Waals surface area contributed by atoms with E-state index in [1.165, 1.54) is 6.92 Å². The maximum Gasteiger partial charge on any atom is 0.408 e. The van der Waals surface area contributed by atoms with Gasteiger partial charge in [-0.25, -0.2) is 0 Å². The number of nitrogens with zero attached hydrogens (tertiary/aromatic N) is 3. The number of hydrogen-bond acceptors (Lipinski definition) is 3. The normalized spacial score (nSPS) is 19.9. The van der Waals surface area contributed by atoms with Crippen LogP contribution in [0.3, 0.4) is 0 Å². The fourth-order valence-electron chi connectivity index (χ4n) is 2.74. The van der Waals surface area contributed by atoms with E-state index in [-0.39, 0.29) is 18.6 Å². The maximum atomic E-state index is 12.6. The molecule has 0 aliphatic carbocycles. The Balaban J connectivity index is 2.36. The van der Waals surface area contributed by atoms with Crippen molar-refractivity contribution in [2.24, 2.45) is 0 Å². The van der Waals surface area contributed by atoms with Gasteiger partial charge in [0.05, 0.1) is 24.9 Å². The monoisotopic (exact) mass is 305 g/mol. The zero-order chi connectivity index (χ0) is 15.8. The highest BCUT2D eigenvalue weighted by atomic mass is 19.4. The number of rotatable bonds is 2. The number of amides is 1. The van der Waals surface area contributed by atoms with Gasteiger partial charge in [0, 0.05) is 24.7 Å². The SMILES string of the molecule is CC(=O)N1CCOCC1c1c(C)nn(CC(F)(F)F)c1C. The van der Waals surface area contributed by atoms with Gasteiger partial charge >= 0.3 is 6.18 Å². The number of hydrogen-bond donors (Lipinski definition) is 0. The van der Waals surface area contributed by atoms with Gasteiger partial charge in [0.25, 0.3) is 0 Å². The summed E-state index contributed by atoms with van der Waals surface area (Å²) in [6.07, 6.45) is -4.33. The molecule has 2 rings (SSSR count). The second-order valence-corrected chi connectivity index (χ2v) is 5.16. The molecule has 1 fully saturated rings. The van der Waals surface area contributed by atoms with Gasteiger partial charge in [0.15, 0.2) is 0 Å². The molecule has 0 spiro atoms. The molecule has 1 aromatic heterocycles. The number of carbonyl (C=O) groups is 1. The Morgan fingerprint density at radius 2 is 2.10 bits per heavy atom. The van der Waals surface area contributed by atoms with Crippen LogP contribution in [0.2, 0.25) is 0 Å². The topological polar surface area (TPSA) is 47.4 Å². The Hall–Kier alpha value is -1.57. The van der Waals surface area contributed by atoms with Crippen LogP contribution in [-0.2, 0) is 16.1 Å². The number of ether oxygens (including phenoxy) is 1. The summed E-state index contributed by atoms with van der Waals surface area (Å²) in [5.74, 6) is -0.120. The van der Waals surface area contributed by atoms with Crippen molar-refractivity contribution in [2.75, 3.05) is 19.8 Å². The summed E-state index contributed by atoms with van der Waals surface area (Å²) in [6.45, 7) is 4.71. The predicted octanol–water partition coefficient (Wildman–Crippen LogP) is 1.98. The first kappa shape index (κ1) is 15.8. The molecule has 2 heterocycles. The molecular weight excluding hydrogens is 287 g/mol. The van der Waals surface area contributed by atoms with Gasteiger partial charge in [-0.3, -0.25) is 9.48 Å². The fraction of sp³-hybridized carbons (Fsp3) is 0.692. The molecular formula is C13H18F3N3O2. The standard InChI is InChI=1S/C13H18F3N3O2/c1-8-12(9(2)19(17-8)7-13(14,15)16)11-6-21-5-4-18(11)10(3)20/h11H,4-7H2,1-3H3. The van der Waals surface area contributed by atoms with Crippen LogP contribution < -0.4 is 0 Å². The summed E-state index contributed by atoms with van der Waals surface area (Å²) in [5.41, 5.74) is 1.57. The molecule has 1 aromatic rings. The molecule has 0 radical (unpaired) electrons. The Labute approximate surface area is 120 Å². The summed E-state index contributed by atoms with van der Waals surface area (Å²) in [7, 11) is 0.